The molecule has 0 aliphatic carbocycles. The van der Waals surface area contributed by atoms with E-state index in [9.17, 15) is 4.39 Å². The lowest BCUT2D eigenvalue weighted by molar-refractivity contribution is 0.0403. The lowest BCUT2D eigenvalue weighted by Crippen LogP contribution is -2.07. The first-order valence-corrected chi connectivity index (χ1v) is 4.60. The number of hydrogen-bond acceptors (Lipinski definition) is 2. The van der Waals surface area contributed by atoms with Gasteiger partial charge in [0.05, 0.1) is 0 Å². The molecule has 1 aliphatic rings. The second-order valence-electron chi connectivity index (χ2n) is 3.13. The first-order chi connectivity index (χ1) is 6.68. The molecule has 0 fully saturated rings. The Hall–Kier alpha value is -1.06. The Bertz CT molecular complexity index is 371. The number of hydrogen-bond donors (Lipinski definition) is 1. The number of rotatable bonds is 1. The standard InChI is InChI=1S/C10H9ClFNO/c1-6-5-9(14-13-6)10-7(11)3-2-4-8(10)12/h2-5,9,13H,1H3/t9-/m1/s1. The zero-order valence-corrected chi connectivity index (χ0v) is 8.31. The van der Waals surface area contributed by atoms with E-state index in [4.69, 9.17) is 16.4 Å². The predicted molar refractivity (Wildman–Crippen MR) is 52.1 cm³/mol. The quantitative estimate of drug-likeness (QED) is 0.775. The molecule has 1 heterocycles. The molecule has 0 spiro atoms. The molecule has 1 aliphatic heterocycles. The van der Waals surface area contributed by atoms with Crippen LogP contribution < -0.4 is 5.48 Å². The highest BCUT2D eigenvalue weighted by Crippen LogP contribution is 2.31. The van der Waals surface area contributed by atoms with Gasteiger partial charge in [0.15, 0.2) is 0 Å². The lowest BCUT2D eigenvalue weighted by Gasteiger charge is -2.10. The number of allylic oxidation sites excluding steroid dienone is 1. The van der Waals surface area contributed by atoms with Crippen LogP contribution in [0.15, 0.2) is 30.0 Å². The van der Waals surface area contributed by atoms with Crippen LogP contribution >= 0.6 is 11.6 Å². The fourth-order valence-corrected chi connectivity index (χ4v) is 1.65. The molecule has 14 heavy (non-hydrogen) atoms. The molecule has 0 unspecified atom stereocenters. The second kappa shape index (κ2) is 3.59. The summed E-state index contributed by atoms with van der Waals surface area (Å²) >= 11 is 5.88. The molecule has 1 N–H and O–H groups in total. The summed E-state index contributed by atoms with van der Waals surface area (Å²) in [6.45, 7) is 1.84. The van der Waals surface area contributed by atoms with Crippen molar-refractivity contribution in [2.24, 2.45) is 0 Å². The molecule has 0 saturated heterocycles. The van der Waals surface area contributed by atoms with E-state index in [0.717, 1.165) is 5.70 Å². The van der Waals surface area contributed by atoms with E-state index in [0.29, 0.717) is 10.6 Å². The zero-order chi connectivity index (χ0) is 10.1. The molecule has 0 amide bonds. The number of nitrogens with one attached hydrogen (secondary N) is 1. The molecule has 1 aromatic carbocycles. The minimum Gasteiger partial charge on any atom is -0.271 e. The van der Waals surface area contributed by atoms with Crippen molar-refractivity contribution in [2.45, 2.75) is 13.0 Å². The van der Waals surface area contributed by atoms with Gasteiger partial charge < -0.3 is 0 Å². The van der Waals surface area contributed by atoms with Gasteiger partial charge >= 0.3 is 0 Å². The van der Waals surface area contributed by atoms with Crippen molar-refractivity contribution in [1.29, 1.82) is 0 Å². The summed E-state index contributed by atoms with van der Waals surface area (Å²) in [5, 5.41) is 0.378. The Balaban J connectivity index is 2.41. The fourth-order valence-electron chi connectivity index (χ4n) is 1.38. The van der Waals surface area contributed by atoms with Crippen molar-refractivity contribution in [3.8, 4) is 0 Å². The van der Waals surface area contributed by atoms with Crippen molar-refractivity contribution < 1.29 is 9.23 Å². The molecule has 4 heteroatoms. The Kier molecular flexibility index (Phi) is 2.44. The number of benzene rings is 1. The molecule has 0 radical (unpaired) electrons. The predicted octanol–water partition coefficient (Wildman–Crippen LogP) is 2.96. The van der Waals surface area contributed by atoms with Crippen LogP contribution in [0.4, 0.5) is 4.39 Å². The lowest BCUT2D eigenvalue weighted by atomic mass is 10.1. The van der Waals surface area contributed by atoms with Gasteiger partial charge in [0.25, 0.3) is 0 Å². The maximum Gasteiger partial charge on any atom is 0.135 e. The van der Waals surface area contributed by atoms with Crippen molar-refractivity contribution >= 4 is 11.6 Å². The maximum absolute atomic E-state index is 13.4. The van der Waals surface area contributed by atoms with E-state index in [1.165, 1.54) is 6.07 Å². The minimum absolute atomic E-state index is 0.352. The van der Waals surface area contributed by atoms with E-state index >= 15 is 0 Å². The molecule has 0 bridgehead atoms. The molecule has 1 aromatic rings. The Morgan fingerprint density at radius 2 is 2.29 bits per heavy atom. The van der Waals surface area contributed by atoms with Gasteiger partial charge in [-0.3, -0.25) is 10.3 Å². The van der Waals surface area contributed by atoms with Crippen LogP contribution in [0.3, 0.4) is 0 Å². The monoisotopic (exact) mass is 213 g/mol. The molecule has 2 rings (SSSR count). The summed E-state index contributed by atoms with van der Waals surface area (Å²) < 4.78 is 13.4. The third-order valence-electron chi connectivity index (χ3n) is 2.03. The third-order valence-corrected chi connectivity index (χ3v) is 2.36. The second-order valence-corrected chi connectivity index (χ2v) is 3.53. The van der Waals surface area contributed by atoms with Gasteiger partial charge in [-0.15, -0.1) is 0 Å². The maximum atomic E-state index is 13.4. The summed E-state index contributed by atoms with van der Waals surface area (Å²) in [5.74, 6) is -0.352. The largest absolute Gasteiger partial charge is 0.271 e. The highest BCUT2D eigenvalue weighted by atomic mass is 35.5. The summed E-state index contributed by atoms with van der Waals surface area (Å²) in [4.78, 5) is 5.15. The van der Waals surface area contributed by atoms with E-state index in [1.54, 1.807) is 18.2 Å². The molecule has 74 valence electrons. The van der Waals surface area contributed by atoms with Crippen molar-refractivity contribution in [1.82, 2.24) is 5.48 Å². The van der Waals surface area contributed by atoms with Crippen LogP contribution in [0.1, 0.15) is 18.6 Å². The van der Waals surface area contributed by atoms with Gasteiger partial charge in [-0.25, -0.2) is 4.39 Å². The first-order valence-electron chi connectivity index (χ1n) is 4.22. The van der Waals surface area contributed by atoms with E-state index in [2.05, 4.69) is 5.48 Å². The van der Waals surface area contributed by atoms with E-state index < -0.39 is 6.10 Å². The van der Waals surface area contributed by atoms with Gasteiger partial charge in [0.1, 0.15) is 11.9 Å². The Morgan fingerprint density at radius 3 is 2.86 bits per heavy atom. The summed E-state index contributed by atoms with van der Waals surface area (Å²) in [6, 6.07) is 4.58. The molecule has 0 aromatic heterocycles. The van der Waals surface area contributed by atoms with E-state index in [-0.39, 0.29) is 5.82 Å². The van der Waals surface area contributed by atoms with Gasteiger partial charge in [-0.2, -0.15) is 0 Å². The van der Waals surface area contributed by atoms with Crippen molar-refractivity contribution in [3.63, 3.8) is 0 Å². The smallest absolute Gasteiger partial charge is 0.135 e. The Labute approximate surface area is 86.3 Å². The highest BCUT2D eigenvalue weighted by molar-refractivity contribution is 6.31. The van der Waals surface area contributed by atoms with Crippen LogP contribution in [0.25, 0.3) is 0 Å². The average molecular weight is 214 g/mol. The van der Waals surface area contributed by atoms with Gasteiger partial charge in [0.2, 0.25) is 0 Å². The number of hydroxylamine groups is 1. The minimum atomic E-state index is -0.441. The zero-order valence-electron chi connectivity index (χ0n) is 7.55. The first kappa shape index (κ1) is 9.49. The van der Waals surface area contributed by atoms with Crippen LogP contribution in [-0.4, -0.2) is 0 Å². The van der Waals surface area contributed by atoms with Gasteiger partial charge in [0, 0.05) is 16.3 Å². The van der Waals surface area contributed by atoms with Crippen LogP contribution in [-0.2, 0) is 4.84 Å². The normalized spacial score (nSPS) is 20.5. The summed E-state index contributed by atoms with van der Waals surface area (Å²) in [7, 11) is 0. The van der Waals surface area contributed by atoms with Crippen molar-refractivity contribution in [3.05, 3.63) is 46.4 Å². The van der Waals surface area contributed by atoms with Gasteiger partial charge in [-0.05, 0) is 25.1 Å². The van der Waals surface area contributed by atoms with E-state index in [1.807, 2.05) is 6.92 Å². The molecule has 0 saturated carbocycles. The fraction of sp³-hybridized carbons (Fsp3) is 0.200. The SMILES string of the molecule is CC1=C[C@H](c2c(F)cccc2Cl)ON1. The highest BCUT2D eigenvalue weighted by Gasteiger charge is 2.22. The van der Waals surface area contributed by atoms with Gasteiger partial charge in [-0.1, -0.05) is 17.7 Å². The molecular formula is C10H9ClFNO. The summed E-state index contributed by atoms with van der Waals surface area (Å²) in [5.41, 5.74) is 3.89. The van der Waals surface area contributed by atoms with Crippen LogP contribution in [0, 0.1) is 5.82 Å². The van der Waals surface area contributed by atoms with Crippen molar-refractivity contribution in [2.75, 3.05) is 0 Å². The third kappa shape index (κ3) is 1.61. The molecule has 1 atom stereocenters. The molecular weight excluding hydrogens is 205 g/mol. The average Bonchev–Trinajstić information content (AvgIpc) is 2.51. The number of halogens is 2. The summed E-state index contributed by atoms with van der Waals surface area (Å²) in [6.07, 6.45) is 1.34. The topological polar surface area (TPSA) is 21.3 Å². The molecule has 2 nitrogen and oxygen atoms in total. The van der Waals surface area contributed by atoms with Crippen LogP contribution in [0.5, 0.6) is 0 Å². The van der Waals surface area contributed by atoms with Crippen LogP contribution in [0.2, 0.25) is 5.02 Å². The Morgan fingerprint density at radius 1 is 1.50 bits per heavy atom.